The number of carbonyl (C=O) groups excluding carboxylic acids is 1. The number of likely N-dealkylation sites (tertiary alicyclic amines) is 1. The van der Waals surface area contributed by atoms with E-state index in [1.807, 2.05) is 51.7 Å². The zero-order valence-electron chi connectivity index (χ0n) is 19.6. The van der Waals surface area contributed by atoms with Gasteiger partial charge in [0.05, 0.1) is 11.6 Å². The van der Waals surface area contributed by atoms with Gasteiger partial charge in [-0.15, -0.1) is 0 Å². The van der Waals surface area contributed by atoms with Crippen LogP contribution in [0, 0.1) is 23.2 Å². The Labute approximate surface area is 191 Å². The van der Waals surface area contributed by atoms with Gasteiger partial charge in [-0.05, 0) is 86.6 Å². The van der Waals surface area contributed by atoms with E-state index in [9.17, 15) is 4.79 Å². The molecule has 0 bridgehead atoms. The lowest BCUT2D eigenvalue weighted by Gasteiger charge is -2.24. The van der Waals surface area contributed by atoms with E-state index in [0.29, 0.717) is 23.1 Å². The average molecular weight is 433 g/mol. The molecule has 5 nitrogen and oxygen atoms in total. The lowest BCUT2D eigenvalue weighted by Crippen LogP contribution is -2.35. The molecule has 2 atom stereocenters. The van der Waals surface area contributed by atoms with E-state index in [4.69, 9.17) is 14.7 Å². The maximum atomic E-state index is 12.3. The van der Waals surface area contributed by atoms with Crippen LogP contribution >= 0.6 is 0 Å². The summed E-state index contributed by atoms with van der Waals surface area (Å²) in [6.07, 6.45) is 3.07. The molecule has 0 radical (unpaired) electrons. The number of hydrogen-bond acceptors (Lipinski definition) is 4. The van der Waals surface area contributed by atoms with Gasteiger partial charge in [-0.3, -0.25) is 0 Å². The van der Waals surface area contributed by atoms with Gasteiger partial charge in [0.1, 0.15) is 17.1 Å². The van der Waals surface area contributed by atoms with Crippen molar-refractivity contribution in [2.75, 3.05) is 13.1 Å². The fourth-order valence-corrected chi connectivity index (χ4v) is 4.07. The number of hydrogen-bond donors (Lipinski definition) is 0. The molecule has 2 aromatic carbocycles. The molecule has 1 heterocycles. The number of ether oxygens (including phenoxy) is 2. The molecule has 168 valence electrons. The van der Waals surface area contributed by atoms with Crippen LogP contribution in [-0.4, -0.2) is 29.7 Å². The number of fused-ring (bicyclic) bond motifs is 1. The number of amides is 1. The van der Waals surface area contributed by atoms with Gasteiger partial charge in [0.2, 0.25) is 0 Å². The van der Waals surface area contributed by atoms with Crippen molar-refractivity contribution in [1.29, 1.82) is 5.26 Å². The van der Waals surface area contributed by atoms with Crippen LogP contribution < -0.4 is 4.74 Å². The van der Waals surface area contributed by atoms with Crippen molar-refractivity contribution in [2.24, 2.45) is 11.8 Å². The van der Waals surface area contributed by atoms with Crippen LogP contribution in [0.2, 0.25) is 0 Å². The van der Waals surface area contributed by atoms with Gasteiger partial charge >= 0.3 is 6.09 Å². The molecular formula is C27H32N2O3. The van der Waals surface area contributed by atoms with Crippen LogP contribution in [0.5, 0.6) is 11.5 Å². The zero-order chi connectivity index (χ0) is 23.3. The fourth-order valence-electron chi connectivity index (χ4n) is 4.07. The minimum Gasteiger partial charge on any atom is -0.457 e. The highest BCUT2D eigenvalue weighted by molar-refractivity contribution is 5.72. The summed E-state index contributed by atoms with van der Waals surface area (Å²) < 4.78 is 11.4. The van der Waals surface area contributed by atoms with Gasteiger partial charge in [0.25, 0.3) is 0 Å². The van der Waals surface area contributed by atoms with Gasteiger partial charge in [-0.25, -0.2) is 4.79 Å². The van der Waals surface area contributed by atoms with Gasteiger partial charge in [-0.2, -0.15) is 5.26 Å². The standard InChI is InChI=1S/C25H26N2O3.C2H6/c1-25(2,3)30-24(28)27-15-20-12-19(13-21(20)16-27)18-6-10-23(11-7-18)29-22-8-4-17(14-26)5-9-22;1-2/h4-12,20-21H,13,15-16H2,1-3H3;1-2H3. The molecule has 0 saturated carbocycles. The lowest BCUT2D eigenvalue weighted by molar-refractivity contribution is 0.0285. The quantitative estimate of drug-likeness (QED) is 0.545. The minimum atomic E-state index is -0.461. The summed E-state index contributed by atoms with van der Waals surface area (Å²) in [5, 5.41) is 8.88. The summed E-state index contributed by atoms with van der Waals surface area (Å²) in [6, 6.07) is 17.3. The maximum Gasteiger partial charge on any atom is 0.410 e. The zero-order valence-corrected chi connectivity index (χ0v) is 19.6. The Bertz CT molecular complexity index is 995. The first-order valence-corrected chi connectivity index (χ1v) is 11.3. The highest BCUT2D eigenvalue weighted by Gasteiger charge is 2.39. The number of rotatable bonds is 3. The smallest absolute Gasteiger partial charge is 0.410 e. The summed E-state index contributed by atoms with van der Waals surface area (Å²) in [7, 11) is 0. The summed E-state index contributed by atoms with van der Waals surface area (Å²) in [4.78, 5) is 14.2. The van der Waals surface area contributed by atoms with E-state index in [1.165, 1.54) is 11.1 Å². The van der Waals surface area contributed by atoms with Crippen LogP contribution in [0.1, 0.15) is 52.2 Å². The third kappa shape index (κ3) is 5.70. The van der Waals surface area contributed by atoms with Crippen LogP contribution in [-0.2, 0) is 4.74 Å². The average Bonchev–Trinajstić information content (AvgIpc) is 3.35. The van der Waals surface area contributed by atoms with E-state index in [2.05, 4.69) is 24.3 Å². The molecule has 1 saturated heterocycles. The number of nitriles is 1. The van der Waals surface area contributed by atoms with Crippen LogP contribution in [0.25, 0.3) is 5.57 Å². The molecule has 0 aromatic heterocycles. The van der Waals surface area contributed by atoms with Gasteiger partial charge in [-0.1, -0.05) is 32.1 Å². The monoisotopic (exact) mass is 432 g/mol. The molecule has 2 unspecified atom stereocenters. The Morgan fingerprint density at radius 2 is 1.59 bits per heavy atom. The Kier molecular flexibility index (Phi) is 7.25. The van der Waals surface area contributed by atoms with Crippen molar-refractivity contribution >= 4 is 11.7 Å². The van der Waals surface area contributed by atoms with Crippen molar-refractivity contribution in [2.45, 2.75) is 46.6 Å². The molecule has 5 heteroatoms. The first kappa shape index (κ1) is 23.4. The summed E-state index contributed by atoms with van der Waals surface area (Å²) in [5.41, 5.74) is 2.68. The molecule has 1 fully saturated rings. The SMILES string of the molecule is CC.CC(C)(C)OC(=O)N1CC2C=C(c3ccc(Oc4ccc(C#N)cc4)cc3)CC2C1. The third-order valence-electron chi connectivity index (χ3n) is 5.48. The predicted octanol–water partition coefficient (Wildman–Crippen LogP) is 6.65. The number of carbonyl (C=O) groups is 1. The molecule has 32 heavy (non-hydrogen) atoms. The third-order valence-corrected chi connectivity index (χ3v) is 5.48. The van der Waals surface area contributed by atoms with E-state index in [1.54, 1.807) is 24.3 Å². The molecule has 1 aliphatic carbocycles. The van der Waals surface area contributed by atoms with Gasteiger partial charge < -0.3 is 14.4 Å². The first-order valence-electron chi connectivity index (χ1n) is 11.3. The number of benzene rings is 2. The van der Waals surface area contributed by atoms with E-state index >= 15 is 0 Å². The number of allylic oxidation sites excluding steroid dienone is 1. The largest absolute Gasteiger partial charge is 0.457 e. The molecule has 0 N–H and O–H groups in total. The molecule has 0 spiro atoms. The predicted molar refractivity (Wildman–Crippen MR) is 126 cm³/mol. The van der Waals surface area contributed by atoms with Crippen molar-refractivity contribution in [1.82, 2.24) is 4.90 Å². The molecular weight excluding hydrogens is 400 g/mol. The Hall–Kier alpha value is -3.26. The minimum absolute atomic E-state index is 0.212. The van der Waals surface area contributed by atoms with E-state index in [0.717, 1.165) is 25.3 Å². The fraction of sp³-hybridized carbons (Fsp3) is 0.407. The molecule has 2 aliphatic rings. The molecule has 2 aromatic rings. The van der Waals surface area contributed by atoms with E-state index in [-0.39, 0.29) is 6.09 Å². The molecule has 4 rings (SSSR count). The van der Waals surface area contributed by atoms with Gasteiger partial charge in [0.15, 0.2) is 0 Å². The summed E-state index contributed by atoms with van der Waals surface area (Å²) in [6.45, 7) is 11.2. The van der Waals surface area contributed by atoms with Gasteiger partial charge in [0, 0.05) is 13.1 Å². The van der Waals surface area contributed by atoms with Crippen LogP contribution in [0.15, 0.2) is 54.6 Å². The lowest BCUT2D eigenvalue weighted by atomic mass is 9.98. The Balaban J connectivity index is 0.00000141. The highest BCUT2D eigenvalue weighted by Crippen LogP contribution is 2.41. The van der Waals surface area contributed by atoms with Crippen molar-refractivity contribution in [3.05, 3.63) is 65.7 Å². The topological polar surface area (TPSA) is 62.6 Å². The molecule has 1 aliphatic heterocycles. The van der Waals surface area contributed by atoms with Crippen molar-refractivity contribution < 1.29 is 14.3 Å². The van der Waals surface area contributed by atoms with Crippen LogP contribution in [0.3, 0.4) is 0 Å². The second kappa shape index (κ2) is 9.91. The van der Waals surface area contributed by atoms with Crippen LogP contribution in [0.4, 0.5) is 4.79 Å². The van der Waals surface area contributed by atoms with Crippen molar-refractivity contribution in [3.8, 4) is 17.6 Å². The summed E-state index contributed by atoms with van der Waals surface area (Å²) >= 11 is 0. The van der Waals surface area contributed by atoms with E-state index < -0.39 is 5.60 Å². The Morgan fingerprint density at radius 3 is 2.12 bits per heavy atom. The molecule has 1 amide bonds. The number of nitrogens with zero attached hydrogens (tertiary/aromatic N) is 2. The second-order valence-electron chi connectivity index (χ2n) is 8.97. The summed E-state index contributed by atoms with van der Waals surface area (Å²) in [5.74, 6) is 2.32. The normalized spacial score (nSPS) is 19.2. The second-order valence-corrected chi connectivity index (χ2v) is 8.97. The maximum absolute atomic E-state index is 12.3. The first-order chi connectivity index (χ1) is 15.3. The highest BCUT2D eigenvalue weighted by atomic mass is 16.6. The Morgan fingerprint density at radius 1 is 1.00 bits per heavy atom. The van der Waals surface area contributed by atoms with Crippen molar-refractivity contribution in [3.63, 3.8) is 0 Å².